The van der Waals surface area contributed by atoms with E-state index >= 15 is 0 Å². The van der Waals surface area contributed by atoms with Gasteiger partial charge in [-0.15, -0.1) is 0 Å². The van der Waals surface area contributed by atoms with Crippen molar-refractivity contribution in [2.75, 3.05) is 11.9 Å². The molecule has 0 aliphatic heterocycles. The number of nitro groups is 1. The Kier molecular flexibility index (Phi) is 4.18. The van der Waals surface area contributed by atoms with Gasteiger partial charge in [0.05, 0.1) is 4.92 Å². The topological polar surface area (TPSA) is 88.3 Å². The molecule has 0 aliphatic carbocycles. The van der Waals surface area contributed by atoms with E-state index in [1.165, 1.54) is 6.20 Å². The van der Waals surface area contributed by atoms with Crippen molar-refractivity contribution in [2.24, 2.45) is 0 Å². The Balaban J connectivity index is 2.09. The van der Waals surface area contributed by atoms with E-state index in [4.69, 9.17) is 0 Å². The molecule has 2 rings (SSSR count). The van der Waals surface area contributed by atoms with Crippen LogP contribution in [0.4, 0.5) is 11.5 Å². The molecule has 1 heterocycles. The lowest BCUT2D eigenvalue weighted by molar-refractivity contribution is -0.385. The Labute approximate surface area is 122 Å². The van der Waals surface area contributed by atoms with Crippen LogP contribution in [0.5, 0.6) is 0 Å². The average molecular weight is 287 g/mol. The van der Waals surface area contributed by atoms with E-state index in [0.29, 0.717) is 11.4 Å². The Morgan fingerprint density at radius 3 is 2.62 bits per heavy atom. The maximum absolute atomic E-state index is 10.7. The van der Waals surface area contributed by atoms with E-state index in [1.54, 1.807) is 19.9 Å². The van der Waals surface area contributed by atoms with Crippen LogP contribution in [-0.2, 0) is 5.60 Å². The highest BCUT2D eigenvalue weighted by Crippen LogP contribution is 2.22. The standard InChI is InChI=1S/C15H17N3O3/c1-11-8-14(16-9-13(11)18(20)21)17-10-15(2,19)12-6-4-3-5-7-12/h3-9,19H,10H2,1-2H3,(H,16,17). The van der Waals surface area contributed by atoms with E-state index in [2.05, 4.69) is 10.3 Å². The van der Waals surface area contributed by atoms with Gasteiger partial charge >= 0.3 is 0 Å². The van der Waals surface area contributed by atoms with E-state index in [-0.39, 0.29) is 12.2 Å². The predicted octanol–water partition coefficient (Wildman–Crippen LogP) is 2.62. The Morgan fingerprint density at radius 1 is 1.38 bits per heavy atom. The maximum Gasteiger partial charge on any atom is 0.290 e. The molecule has 6 heteroatoms. The molecule has 6 nitrogen and oxygen atoms in total. The van der Waals surface area contributed by atoms with E-state index in [1.807, 2.05) is 30.3 Å². The Morgan fingerprint density at radius 2 is 2.05 bits per heavy atom. The van der Waals surface area contributed by atoms with Crippen molar-refractivity contribution < 1.29 is 10.0 Å². The van der Waals surface area contributed by atoms with Gasteiger partial charge < -0.3 is 10.4 Å². The summed E-state index contributed by atoms with van der Waals surface area (Å²) in [7, 11) is 0. The molecule has 2 aromatic rings. The molecule has 1 aromatic carbocycles. The highest BCUT2D eigenvalue weighted by Gasteiger charge is 2.23. The van der Waals surface area contributed by atoms with E-state index in [0.717, 1.165) is 5.56 Å². The number of aliphatic hydroxyl groups is 1. The van der Waals surface area contributed by atoms with Crippen LogP contribution in [0.3, 0.4) is 0 Å². The van der Waals surface area contributed by atoms with Crippen LogP contribution in [-0.4, -0.2) is 21.6 Å². The summed E-state index contributed by atoms with van der Waals surface area (Å²) < 4.78 is 0. The van der Waals surface area contributed by atoms with Gasteiger partial charge in [-0.3, -0.25) is 10.1 Å². The van der Waals surface area contributed by atoms with Gasteiger partial charge in [-0.2, -0.15) is 0 Å². The quantitative estimate of drug-likeness (QED) is 0.652. The summed E-state index contributed by atoms with van der Waals surface area (Å²) in [5.74, 6) is 0.495. The van der Waals surface area contributed by atoms with Crippen molar-refractivity contribution >= 4 is 11.5 Å². The Hall–Kier alpha value is -2.47. The molecule has 2 N–H and O–H groups in total. The normalized spacial score (nSPS) is 13.5. The number of anilines is 1. The molecule has 110 valence electrons. The monoisotopic (exact) mass is 287 g/mol. The highest BCUT2D eigenvalue weighted by atomic mass is 16.6. The number of aromatic nitrogens is 1. The van der Waals surface area contributed by atoms with Gasteiger partial charge in [-0.1, -0.05) is 30.3 Å². The van der Waals surface area contributed by atoms with Gasteiger partial charge in [-0.25, -0.2) is 4.98 Å². The predicted molar refractivity (Wildman–Crippen MR) is 80.1 cm³/mol. The second-order valence-corrected chi connectivity index (χ2v) is 5.11. The minimum Gasteiger partial charge on any atom is -0.384 e. The largest absolute Gasteiger partial charge is 0.384 e. The van der Waals surface area contributed by atoms with Crippen LogP contribution in [0.25, 0.3) is 0 Å². The number of nitrogens with zero attached hydrogens (tertiary/aromatic N) is 2. The summed E-state index contributed by atoms with van der Waals surface area (Å²) in [5, 5.41) is 24.2. The highest BCUT2D eigenvalue weighted by molar-refractivity contribution is 5.47. The summed E-state index contributed by atoms with van der Waals surface area (Å²) in [4.78, 5) is 14.3. The van der Waals surface area contributed by atoms with E-state index in [9.17, 15) is 15.2 Å². The lowest BCUT2D eigenvalue weighted by Gasteiger charge is -2.24. The van der Waals surface area contributed by atoms with Gasteiger partial charge in [0.15, 0.2) is 0 Å². The van der Waals surface area contributed by atoms with Crippen molar-refractivity contribution in [3.8, 4) is 0 Å². The maximum atomic E-state index is 10.7. The molecule has 1 aromatic heterocycles. The van der Waals surface area contributed by atoms with Crippen molar-refractivity contribution in [3.63, 3.8) is 0 Å². The van der Waals surface area contributed by atoms with Crippen molar-refractivity contribution in [1.82, 2.24) is 4.98 Å². The van der Waals surface area contributed by atoms with Crippen molar-refractivity contribution in [1.29, 1.82) is 0 Å². The number of nitrogens with one attached hydrogen (secondary N) is 1. The van der Waals surface area contributed by atoms with Crippen LogP contribution < -0.4 is 5.32 Å². The summed E-state index contributed by atoms with van der Waals surface area (Å²) in [6.45, 7) is 3.61. The van der Waals surface area contributed by atoms with Crippen LogP contribution in [0.15, 0.2) is 42.6 Å². The van der Waals surface area contributed by atoms with Crippen molar-refractivity contribution in [2.45, 2.75) is 19.4 Å². The molecule has 0 aliphatic rings. The SMILES string of the molecule is Cc1cc(NCC(C)(O)c2ccccc2)ncc1[N+](=O)[O-]. The molecule has 0 saturated heterocycles. The van der Waals surface area contributed by atoms with Crippen LogP contribution in [0.1, 0.15) is 18.1 Å². The third-order valence-corrected chi connectivity index (χ3v) is 3.29. The van der Waals surface area contributed by atoms with Gasteiger partial charge in [0, 0.05) is 12.1 Å². The first-order valence-corrected chi connectivity index (χ1v) is 6.53. The summed E-state index contributed by atoms with van der Waals surface area (Å²) >= 11 is 0. The van der Waals surface area contributed by atoms with E-state index < -0.39 is 10.5 Å². The first-order valence-electron chi connectivity index (χ1n) is 6.53. The third-order valence-electron chi connectivity index (χ3n) is 3.29. The summed E-state index contributed by atoms with van der Waals surface area (Å²) in [6, 6.07) is 10.9. The fourth-order valence-electron chi connectivity index (χ4n) is 2.00. The molecule has 0 spiro atoms. The Bertz CT molecular complexity index is 642. The molecule has 1 unspecified atom stereocenters. The lowest BCUT2D eigenvalue weighted by Crippen LogP contribution is -2.30. The zero-order valence-corrected chi connectivity index (χ0v) is 11.9. The molecule has 21 heavy (non-hydrogen) atoms. The second-order valence-electron chi connectivity index (χ2n) is 5.11. The third kappa shape index (κ3) is 3.55. The minimum absolute atomic E-state index is 0.0182. The molecule has 0 saturated carbocycles. The number of pyridine rings is 1. The summed E-state index contributed by atoms with van der Waals surface area (Å²) in [6.07, 6.45) is 1.22. The molecule has 1 atom stereocenters. The molecule has 0 fully saturated rings. The first kappa shape index (κ1) is 14.9. The lowest BCUT2D eigenvalue weighted by atomic mass is 9.96. The van der Waals surface area contributed by atoms with Crippen molar-refractivity contribution in [3.05, 3.63) is 63.8 Å². The first-order chi connectivity index (χ1) is 9.90. The number of aryl methyl sites for hydroxylation is 1. The number of rotatable bonds is 5. The molecule has 0 bridgehead atoms. The van der Waals surface area contributed by atoms with Gasteiger partial charge in [0.2, 0.25) is 0 Å². The fraction of sp³-hybridized carbons (Fsp3) is 0.267. The van der Waals surface area contributed by atoms with Gasteiger partial charge in [-0.05, 0) is 25.5 Å². The number of hydrogen-bond donors (Lipinski definition) is 2. The summed E-state index contributed by atoms with van der Waals surface area (Å²) in [5.41, 5.74) is 0.238. The van der Waals surface area contributed by atoms with Gasteiger partial charge in [0.25, 0.3) is 5.69 Å². The smallest absolute Gasteiger partial charge is 0.290 e. The molecular formula is C15H17N3O3. The average Bonchev–Trinajstić information content (AvgIpc) is 2.46. The second kappa shape index (κ2) is 5.88. The van der Waals surface area contributed by atoms with Crippen LogP contribution in [0.2, 0.25) is 0 Å². The van der Waals surface area contributed by atoms with Crippen LogP contribution >= 0.6 is 0 Å². The number of hydrogen-bond acceptors (Lipinski definition) is 5. The van der Waals surface area contributed by atoms with Gasteiger partial charge in [0.1, 0.15) is 17.6 Å². The molecular weight excluding hydrogens is 270 g/mol. The fourth-order valence-corrected chi connectivity index (χ4v) is 2.00. The molecule has 0 radical (unpaired) electrons. The minimum atomic E-state index is -1.06. The molecule has 0 amide bonds. The zero-order chi connectivity index (χ0) is 15.5. The zero-order valence-electron chi connectivity index (χ0n) is 11.9. The number of benzene rings is 1. The van der Waals surface area contributed by atoms with Crippen LogP contribution in [0, 0.1) is 17.0 Å².